The van der Waals surface area contributed by atoms with E-state index in [-0.39, 0.29) is 40.8 Å². The highest BCUT2D eigenvalue weighted by molar-refractivity contribution is 6.05. The Kier molecular flexibility index (Phi) is 5.89. The van der Waals surface area contributed by atoms with Gasteiger partial charge in [0.05, 0.1) is 5.69 Å². The Labute approximate surface area is 198 Å². The zero-order valence-electron chi connectivity index (χ0n) is 19.3. The molecule has 0 saturated carbocycles. The standard InChI is InChI=1S/C23H22FN5O6/c1-10-13(7-26-20-18(10)28-16(30)9-34-20)12-5-11-6-15(27-21(31)32)25-8-14(11)19(17(12)24)29-22(33)35-23(2,3)4/h5-8H,9H2,1-4H3,(H,25,27)(H,28,30)(H,29,33)(H,31,32). The van der Waals surface area contributed by atoms with Gasteiger partial charge in [-0.1, -0.05) is 0 Å². The molecule has 0 atom stereocenters. The molecule has 4 rings (SSSR count). The Morgan fingerprint density at radius 2 is 1.91 bits per heavy atom. The van der Waals surface area contributed by atoms with Crippen molar-refractivity contribution in [2.45, 2.75) is 33.3 Å². The first-order chi connectivity index (χ1) is 16.4. The van der Waals surface area contributed by atoms with Crippen LogP contribution in [0.5, 0.6) is 5.88 Å². The van der Waals surface area contributed by atoms with Gasteiger partial charge < -0.3 is 19.9 Å². The minimum absolute atomic E-state index is 0.00623. The van der Waals surface area contributed by atoms with E-state index >= 15 is 4.39 Å². The number of carboxylic acid groups (broad SMARTS) is 1. The summed E-state index contributed by atoms with van der Waals surface area (Å²) in [7, 11) is 0. The number of nitrogens with one attached hydrogen (secondary N) is 3. The molecule has 0 spiro atoms. The van der Waals surface area contributed by atoms with Crippen LogP contribution >= 0.6 is 0 Å². The third kappa shape index (κ3) is 4.90. The van der Waals surface area contributed by atoms with Gasteiger partial charge in [0.1, 0.15) is 17.1 Å². The van der Waals surface area contributed by atoms with Crippen LogP contribution in [0.15, 0.2) is 24.5 Å². The fourth-order valence-electron chi connectivity index (χ4n) is 3.59. The lowest BCUT2D eigenvalue weighted by Crippen LogP contribution is -2.27. The second-order valence-corrected chi connectivity index (χ2v) is 8.77. The van der Waals surface area contributed by atoms with Crippen molar-refractivity contribution < 1.29 is 33.4 Å². The van der Waals surface area contributed by atoms with E-state index < -0.39 is 23.6 Å². The van der Waals surface area contributed by atoms with E-state index in [1.165, 1.54) is 24.5 Å². The summed E-state index contributed by atoms with van der Waals surface area (Å²) in [5.74, 6) is -0.957. The maximum absolute atomic E-state index is 15.9. The maximum atomic E-state index is 15.9. The SMILES string of the molecule is Cc1c(-c2cc3cc(NC(=O)O)ncc3c(NC(=O)OC(C)(C)C)c2F)cnc2c1NC(=O)CO2. The molecule has 2 aromatic heterocycles. The number of hydrogen-bond acceptors (Lipinski definition) is 7. The number of hydrogen-bond donors (Lipinski definition) is 4. The van der Waals surface area contributed by atoms with E-state index in [9.17, 15) is 14.4 Å². The molecule has 4 N–H and O–H groups in total. The molecule has 1 aliphatic heterocycles. The summed E-state index contributed by atoms with van der Waals surface area (Å²) in [6.45, 7) is 6.49. The molecule has 1 aliphatic rings. The minimum atomic E-state index is -1.32. The first-order valence-electron chi connectivity index (χ1n) is 10.5. The highest BCUT2D eigenvalue weighted by Gasteiger charge is 2.25. The Morgan fingerprint density at radius 3 is 2.60 bits per heavy atom. The molecule has 0 aliphatic carbocycles. The molecule has 1 aromatic carbocycles. The van der Waals surface area contributed by atoms with Gasteiger partial charge in [0.2, 0.25) is 5.88 Å². The van der Waals surface area contributed by atoms with Crippen molar-refractivity contribution >= 4 is 46.1 Å². The second kappa shape index (κ2) is 8.70. The number of carbonyl (C=O) groups excluding carboxylic acids is 2. The Hall–Kier alpha value is -4.48. The number of amides is 3. The Bertz CT molecular complexity index is 1390. The van der Waals surface area contributed by atoms with Gasteiger partial charge in [-0.05, 0) is 50.8 Å². The molecular formula is C23H22FN5O6. The summed E-state index contributed by atoms with van der Waals surface area (Å²) in [6.07, 6.45) is 0.428. The molecule has 12 heteroatoms. The number of rotatable bonds is 3. The van der Waals surface area contributed by atoms with Crippen molar-refractivity contribution in [3.05, 3.63) is 35.9 Å². The van der Waals surface area contributed by atoms with Crippen molar-refractivity contribution in [3.63, 3.8) is 0 Å². The summed E-state index contributed by atoms with van der Waals surface area (Å²) < 4.78 is 26.5. The first-order valence-corrected chi connectivity index (χ1v) is 10.5. The molecule has 0 bridgehead atoms. The second-order valence-electron chi connectivity index (χ2n) is 8.77. The lowest BCUT2D eigenvalue weighted by Gasteiger charge is -2.22. The zero-order chi connectivity index (χ0) is 25.5. The lowest BCUT2D eigenvalue weighted by molar-refractivity contribution is -0.118. The molecule has 3 heterocycles. The molecule has 0 radical (unpaired) electrons. The van der Waals surface area contributed by atoms with Crippen LogP contribution in [-0.2, 0) is 9.53 Å². The summed E-state index contributed by atoms with van der Waals surface area (Å²) >= 11 is 0. The largest absolute Gasteiger partial charge is 0.466 e. The number of carbonyl (C=O) groups is 3. The average Bonchev–Trinajstić information content (AvgIpc) is 2.75. The predicted octanol–water partition coefficient (Wildman–Crippen LogP) is 4.51. The van der Waals surface area contributed by atoms with E-state index in [0.29, 0.717) is 22.2 Å². The Morgan fingerprint density at radius 1 is 1.17 bits per heavy atom. The van der Waals surface area contributed by atoms with Crippen LogP contribution in [0.25, 0.3) is 21.9 Å². The highest BCUT2D eigenvalue weighted by Crippen LogP contribution is 2.40. The van der Waals surface area contributed by atoms with E-state index in [1.54, 1.807) is 27.7 Å². The van der Waals surface area contributed by atoms with Gasteiger partial charge in [0.15, 0.2) is 12.4 Å². The number of benzene rings is 1. The molecular weight excluding hydrogens is 461 g/mol. The van der Waals surface area contributed by atoms with Crippen molar-refractivity contribution in [3.8, 4) is 17.0 Å². The van der Waals surface area contributed by atoms with Crippen LogP contribution in [0.1, 0.15) is 26.3 Å². The summed E-state index contributed by atoms with van der Waals surface area (Å²) in [4.78, 5) is 43.6. The van der Waals surface area contributed by atoms with E-state index in [1.807, 2.05) is 0 Å². The van der Waals surface area contributed by atoms with Gasteiger partial charge in [-0.2, -0.15) is 0 Å². The van der Waals surface area contributed by atoms with Crippen LogP contribution in [0, 0.1) is 12.7 Å². The monoisotopic (exact) mass is 483 g/mol. The number of nitrogens with zero attached hydrogens (tertiary/aromatic N) is 2. The van der Waals surface area contributed by atoms with Gasteiger partial charge >= 0.3 is 12.2 Å². The molecule has 0 unspecified atom stereocenters. The van der Waals surface area contributed by atoms with E-state index in [0.717, 1.165) is 0 Å². The van der Waals surface area contributed by atoms with Gasteiger partial charge in [0.25, 0.3) is 5.91 Å². The van der Waals surface area contributed by atoms with Crippen LogP contribution in [0.3, 0.4) is 0 Å². The van der Waals surface area contributed by atoms with Crippen LogP contribution in [0.2, 0.25) is 0 Å². The molecule has 11 nitrogen and oxygen atoms in total. The molecule has 0 fully saturated rings. The van der Waals surface area contributed by atoms with Crippen LogP contribution in [0.4, 0.5) is 31.2 Å². The number of fused-ring (bicyclic) bond motifs is 2. The topological polar surface area (TPSA) is 152 Å². The van der Waals surface area contributed by atoms with Crippen LogP contribution < -0.4 is 20.7 Å². The van der Waals surface area contributed by atoms with Gasteiger partial charge in [-0.25, -0.2) is 23.9 Å². The fourth-order valence-corrected chi connectivity index (χ4v) is 3.59. The first kappa shape index (κ1) is 23.7. The smallest absolute Gasteiger partial charge is 0.412 e. The third-order valence-electron chi connectivity index (χ3n) is 5.02. The molecule has 35 heavy (non-hydrogen) atoms. The molecule has 0 saturated heterocycles. The van der Waals surface area contributed by atoms with E-state index in [2.05, 4.69) is 25.9 Å². The molecule has 182 valence electrons. The molecule has 3 aromatic rings. The quantitative estimate of drug-likeness (QED) is 0.425. The zero-order valence-corrected chi connectivity index (χ0v) is 19.3. The average molecular weight is 483 g/mol. The summed E-state index contributed by atoms with van der Waals surface area (Å²) in [5, 5.41) is 16.9. The highest BCUT2D eigenvalue weighted by atomic mass is 19.1. The fraction of sp³-hybridized carbons (Fsp3) is 0.261. The normalized spacial score (nSPS) is 12.9. The lowest BCUT2D eigenvalue weighted by atomic mass is 9.96. The predicted molar refractivity (Wildman–Crippen MR) is 125 cm³/mol. The van der Waals surface area contributed by atoms with Crippen molar-refractivity contribution in [1.82, 2.24) is 9.97 Å². The van der Waals surface area contributed by atoms with Crippen molar-refractivity contribution in [2.75, 3.05) is 22.6 Å². The Balaban J connectivity index is 1.91. The van der Waals surface area contributed by atoms with Gasteiger partial charge in [0, 0.05) is 28.9 Å². The summed E-state index contributed by atoms with van der Waals surface area (Å²) in [6, 6.07) is 2.88. The van der Waals surface area contributed by atoms with E-state index in [4.69, 9.17) is 14.6 Å². The maximum Gasteiger partial charge on any atom is 0.412 e. The number of aromatic nitrogens is 2. The number of pyridine rings is 2. The summed E-state index contributed by atoms with van der Waals surface area (Å²) in [5.41, 5.74) is 0.125. The van der Waals surface area contributed by atoms with Gasteiger partial charge in [-0.15, -0.1) is 0 Å². The third-order valence-corrected chi connectivity index (χ3v) is 5.02. The van der Waals surface area contributed by atoms with Crippen molar-refractivity contribution in [1.29, 1.82) is 0 Å². The number of ether oxygens (including phenoxy) is 2. The van der Waals surface area contributed by atoms with Crippen LogP contribution in [-0.4, -0.2) is 45.4 Å². The molecule has 3 amide bonds. The minimum Gasteiger partial charge on any atom is -0.466 e. The number of halogens is 1. The number of anilines is 3. The van der Waals surface area contributed by atoms with Crippen molar-refractivity contribution in [2.24, 2.45) is 0 Å². The van der Waals surface area contributed by atoms with Gasteiger partial charge in [-0.3, -0.25) is 15.4 Å².